The average molecular weight is 234 g/mol. The molecule has 2 nitrogen and oxygen atoms in total. The van der Waals surface area contributed by atoms with Crippen molar-refractivity contribution in [2.75, 3.05) is 25.0 Å². The van der Waals surface area contributed by atoms with Crippen molar-refractivity contribution in [1.29, 1.82) is 0 Å². The van der Waals surface area contributed by atoms with E-state index in [2.05, 4.69) is 57.8 Å². The van der Waals surface area contributed by atoms with Gasteiger partial charge in [0.1, 0.15) is 0 Å². The van der Waals surface area contributed by atoms with Gasteiger partial charge in [0.2, 0.25) is 0 Å². The number of benzene rings is 1. The molecule has 0 bridgehead atoms. The number of hydrogen-bond acceptors (Lipinski definition) is 2. The molecule has 1 unspecified atom stereocenters. The highest BCUT2D eigenvalue weighted by molar-refractivity contribution is 5.54. The quantitative estimate of drug-likeness (QED) is 0.848. The first kappa shape index (κ1) is 14.0. The monoisotopic (exact) mass is 234 g/mol. The van der Waals surface area contributed by atoms with Crippen LogP contribution in [-0.2, 0) is 0 Å². The summed E-state index contributed by atoms with van der Waals surface area (Å²) in [7, 11) is 2.16. The average Bonchev–Trinajstić information content (AvgIpc) is 2.28. The Morgan fingerprint density at radius 3 is 2.41 bits per heavy atom. The topological polar surface area (TPSA) is 29.3 Å². The van der Waals surface area contributed by atoms with Crippen LogP contribution in [0.15, 0.2) is 18.2 Å². The van der Waals surface area contributed by atoms with Crippen LogP contribution in [0.3, 0.4) is 0 Å². The van der Waals surface area contributed by atoms with Gasteiger partial charge in [0.15, 0.2) is 0 Å². The van der Waals surface area contributed by atoms with Crippen LogP contribution in [0.1, 0.15) is 25.0 Å². The van der Waals surface area contributed by atoms with Crippen molar-refractivity contribution in [2.45, 2.75) is 27.7 Å². The van der Waals surface area contributed by atoms with Gasteiger partial charge in [-0.05, 0) is 49.4 Å². The maximum atomic E-state index is 5.84. The number of nitrogens with two attached hydrogens (primary N) is 1. The molecule has 0 radical (unpaired) electrons. The van der Waals surface area contributed by atoms with Crippen molar-refractivity contribution in [2.24, 2.45) is 17.6 Å². The van der Waals surface area contributed by atoms with E-state index in [1.54, 1.807) is 0 Å². The molecular formula is C15H26N2. The van der Waals surface area contributed by atoms with Crippen molar-refractivity contribution < 1.29 is 0 Å². The highest BCUT2D eigenvalue weighted by Gasteiger charge is 2.15. The highest BCUT2D eigenvalue weighted by atomic mass is 15.1. The predicted molar refractivity (Wildman–Crippen MR) is 76.6 cm³/mol. The Bertz CT molecular complexity index is 358. The van der Waals surface area contributed by atoms with Crippen molar-refractivity contribution >= 4 is 5.69 Å². The Hall–Kier alpha value is -1.02. The fourth-order valence-corrected chi connectivity index (χ4v) is 2.14. The van der Waals surface area contributed by atoms with Gasteiger partial charge in [0.25, 0.3) is 0 Å². The van der Waals surface area contributed by atoms with E-state index in [-0.39, 0.29) is 0 Å². The largest absolute Gasteiger partial charge is 0.374 e. The van der Waals surface area contributed by atoms with Crippen LogP contribution >= 0.6 is 0 Å². The smallest absolute Gasteiger partial charge is 0.0396 e. The van der Waals surface area contributed by atoms with Gasteiger partial charge in [-0.1, -0.05) is 26.0 Å². The first-order chi connectivity index (χ1) is 7.95. The zero-order chi connectivity index (χ0) is 13.0. The van der Waals surface area contributed by atoms with E-state index in [0.717, 1.165) is 13.1 Å². The van der Waals surface area contributed by atoms with Crippen LogP contribution < -0.4 is 10.6 Å². The van der Waals surface area contributed by atoms with Crippen LogP contribution in [-0.4, -0.2) is 20.1 Å². The zero-order valence-corrected chi connectivity index (χ0v) is 11.8. The molecule has 0 heterocycles. The Kier molecular flexibility index (Phi) is 5.01. The summed E-state index contributed by atoms with van der Waals surface area (Å²) < 4.78 is 0. The van der Waals surface area contributed by atoms with Gasteiger partial charge in [-0.3, -0.25) is 0 Å². The van der Waals surface area contributed by atoms with E-state index in [9.17, 15) is 0 Å². The van der Waals surface area contributed by atoms with Crippen molar-refractivity contribution in [3.05, 3.63) is 29.3 Å². The number of rotatable bonds is 5. The van der Waals surface area contributed by atoms with E-state index < -0.39 is 0 Å². The summed E-state index contributed by atoms with van der Waals surface area (Å²) in [5.41, 5.74) is 9.81. The molecule has 0 fully saturated rings. The normalized spacial score (nSPS) is 12.9. The van der Waals surface area contributed by atoms with Crippen LogP contribution in [0.2, 0.25) is 0 Å². The lowest BCUT2D eigenvalue weighted by molar-refractivity contribution is 0.397. The fraction of sp³-hybridized carbons (Fsp3) is 0.600. The van der Waals surface area contributed by atoms with E-state index in [1.165, 1.54) is 16.8 Å². The minimum absolute atomic E-state index is 0.555. The maximum absolute atomic E-state index is 5.84. The zero-order valence-electron chi connectivity index (χ0n) is 11.8. The number of hydrogen-bond donors (Lipinski definition) is 1. The van der Waals surface area contributed by atoms with Crippen LogP contribution in [0.5, 0.6) is 0 Å². The molecule has 0 aliphatic carbocycles. The molecular weight excluding hydrogens is 208 g/mol. The molecule has 2 heteroatoms. The molecule has 2 N–H and O–H groups in total. The summed E-state index contributed by atoms with van der Waals surface area (Å²) in [5, 5.41) is 0. The van der Waals surface area contributed by atoms with Crippen LogP contribution in [0, 0.1) is 25.7 Å². The molecule has 0 aliphatic rings. The predicted octanol–water partition coefficient (Wildman–Crippen LogP) is 2.97. The summed E-state index contributed by atoms with van der Waals surface area (Å²) in [6, 6.07) is 6.60. The molecule has 0 aliphatic heterocycles. The minimum atomic E-state index is 0.555. The lowest BCUT2D eigenvalue weighted by atomic mass is 9.95. The molecule has 96 valence electrons. The van der Waals surface area contributed by atoms with Gasteiger partial charge in [0, 0.05) is 19.3 Å². The molecule has 1 atom stereocenters. The summed E-state index contributed by atoms with van der Waals surface area (Å²) >= 11 is 0. The molecule has 0 saturated carbocycles. The van der Waals surface area contributed by atoms with Crippen molar-refractivity contribution in [3.63, 3.8) is 0 Å². The third kappa shape index (κ3) is 3.74. The molecule has 1 aromatic rings. The Labute approximate surface area is 106 Å². The molecule has 17 heavy (non-hydrogen) atoms. The maximum Gasteiger partial charge on any atom is 0.0396 e. The fourth-order valence-electron chi connectivity index (χ4n) is 2.14. The number of nitrogens with zero attached hydrogens (tertiary/aromatic N) is 1. The van der Waals surface area contributed by atoms with Gasteiger partial charge >= 0.3 is 0 Å². The SMILES string of the molecule is Cc1ccc(C)c(N(C)CC(CN)C(C)C)c1. The van der Waals surface area contributed by atoms with E-state index >= 15 is 0 Å². The second kappa shape index (κ2) is 6.06. The van der Waals surface area contributed by atoms with Gasteiger partial charge in [-0.15, -0.1) is 0 Å². The summed E-state index contributed by atoms with van der Waals surface area (Å²) in [6.07, 6.45) is 0. The second-order valence-electron chi connectivity index (χ2n) is 5.41. The van der Waals surface area contributed by atoms with E-state index in [0.29, 0.717) is 11.8 Å². The molecule has 1 rings (SSSR count). The van der Waals surface area contributed by atoms with Gasteiger partial charge < -0.3 is 10.6 Å². The number of aryl methyl sites for hydroxylation is 2. The third-order valence-corrected chi connectivity index (χ3v) is 3.53. The van der Waals surface area contributed by atoms with Gasteiger partial charge in [-0.25, -0.2) is 0 Å². The highest BCUT2D eigenvalue weighted by Crippen LogP contribution is 2.22. The van der Waals surface area contributed by atoms with Crippen molar-refractivity contribution in [1.82, 2.24) is 0 Å². The van der Waals surface area contributed by atoms with Crippen LogP contribution in [0.4, 0.5) is 5.69 Å². The lowest BCUT2D eigenvalue weighted by Crippen LogP contribution is -2.33. The van der Waals surface area contributed by atoms with Gasteiger partial charge in [0.05, 0.1) is 0 Å². The van der Waals surface area contributed by atoms with E-state index in [1.807, 2.05) is 0 Å². The Balaban J connectivity index is 2.81. The van der Waals surface area contributed by atoms with E-state index in [4.69, 9.17) is 5.73 Å². The standard InChI is InChI=1S/C15H26N2/c1-11(2)14(9-16)10-17(5)15-8-12(3)6-7-13(15)4/h6-8,11,14H,9-10,16H2,1-5H3. The molecule has 0 saturated heterocycles. The van der Waals surface area contributed by atoms with Gasteiger partial charge in [-0.2, -0.15) is 0 Å². The Morgan fingerprint density at radius 1 is 1.24 bits per heavy atom. The first-order valence-corrected chi connectivity index (χ1v) is 6.44. The summed E-state index contributed by atoms with van der Waals surface area (Å²) in [4.78, 5) is 2.33. The number of anilines is 1. The Morgan fingerprint density at radius 2 is 1.88 bits per heavy atom. The second-order valence-corrected chi connectivity index (χ2v) is 5.41. The van der Waals surface area contributed by atoms with Crippen molar-refractivity contribution in [3.8, 4) is 0 Å². The minimum Gasteiger partial charge on any atom is -0.374 e. The lowest BCUT2D eigenvalue weighted by Gasteiger charge is -2.28. The van der Waals surface area contributed by atoms with Crippen LogP contribution in [0.25, 0.3) is 0 Å². The summed E-state index contributed by atoms with van der Waals surface area (Å²) in [6.45, 7) is 10.6. The summed E-state index contributed by atoms with van der Waals surface area (Å²) in [5.74, 6) is 1.19. The first-order valence-electron chi connectivity index (χ1n) is 6.44. The molecule has 0 amide bonds. The molecule has 0 spiro atoms. The molecule has 1 aromatic carbocycles. The third-order valence-electron chi connectivity index (χ3n) is 3.53. The molecule has 0 aromatic heterocycles.